The highest BCUT2D eigenvalue weighted by atomic mass is 16.1. The van der Waals surface area contributed by atoms with E-state index in [-0.39, 0.29) is 5.48 Å². The second kappa shape index (κ2) is 4.50. The SMILES string of the molecule is CCC1CCC(=O)C1CC.O. The molecule has 1 aliphatic rings. The first-order valence-corrected chi connectivity index (χ1v) is 4.32. The zero-order valence-corrected chi connectivity index (χ0v) is 7.39. The summed E-state index contributed by atoms with van der Waals surface area (Å²) in [7, 11) is 0. The molecular formula is C9H18O2. The van der Waals surface area contributed by atoms with E-state index >= 15 is 0 Å². The Balaban J connectivity index is 0.000001000. The molecule has 2 unspecified atom stereocenters. The molecule has 0 aromatic carbocycles. The summed E-state index contributed by atoms with van der Waals surface area (Å²) < 4.78 is 0. The van der Waals surface area contributed by atoms with Gasteiger partial charge in [0.25, 0.3) is 0 Å². The predicted molar refractivity (Wildman–Crippen MR) is 45.4 cm³/mol. The molecule has 66 valence electrons. The number of carbonyl (C=O) groups excluding carboxylic acids is 1. The zero-order chi connectivity index (χ0) is 7.56. The molecule has 1 saturated carbocycles. The third-order valence-corrected chi connectivity index (χ3v) is 2.71. The first-order valence-electron chi connectivity index (χ1n) is 4.32. The largest absolute Gasteiger partial charge is 0.412 e. The highest BCUT2D eigenvalue weighted by Crippen LogP contribution is 2.32. The Labute approximate surface area is 68.3 Å². The van der Waals surface area contributed by atoms with Crippen molar-refractivity contribution in [3.8, 4) is 0 Å². The van der Waals surface area contributed by atoms with E-state index in [0.717, 1.165) is 19.3 Å². The summed E-state index contributed by atoms with van der Waals surface area (Å²) in [6.45, 7) is 4.31. The molecule has 2 N–H and O–H groups in total. The lowest BCUT2D eigenvalue weighted by atomic mass is 9.91. The van der Waals surface area contributed by atoms with E-state index < -0.39 is 0 Å². The van der Waals surface area contributed by atoms with Crippen molar-refractivity contribution in [1.29, 1.82) is 0 Å². The van der Waals surface area contributed by atoms with Crippen LogP contribution >= 0.6 is 0 Å². The fourth-order valence-corrected chi connectivity index (χ4v) is 2.03. The maximum absolute atomic E-state index is 11.2. The van der Waals surface area contributed by atoms with Crippen LogP contribution in [0.2, 0.25) is 0 Å². The summed E-state index contributed by atoms with van der Waals surface area (Å²) in [5.41, 5.74) is 0. The van der Waals surface area contributed by atoms with E-state index in [1.165, 1.54) is 6.42 Å². The Kier molecular flexibility index (Phi) is 4.34. The van der Waals surface area contributed by atoms with Crippen molar-refractivity contribution < 1.29 is 10.3 Å². The van der Waals surface area contributed by atoms with Crippen LogP contribution in [0.15, 0.2) is 0 Å². The van der Waals surface area contributed by atoms with Crippen LogP contribution in [0.1, 0.15) is 39.5 Å². The van der Waals surface area contributed by atoms with Crippen LogP contribution in [0.4, 0.5) is 0 Å². The molecular weight excluding hydrogens is 140 g/mol. The Morgan fingerprint density at radius 2 is 2.00 bits per heavy atom. The van der Waals surface area contributed by atoms with Gasteiger partial charge in [0.15, 0.2) is 0 Å². The molecule has 0 aliphatic heterocycles. The second-order valence-electron chi connectivity index (χ2n) is 3.19. The van der Waals surface area contributed by atoms with Crippen LogP contribution in [-0.4, -0.2) is 11.3 Å². The maximum Gasteiger partial charge on any atom is 0.136 e. The predicted octanol–water partition coefficient (Wildman–Crippen LogP) is 1.58. The summed E-state index contributed by atoms with van der Waals surface area (Å²) in [5, 5.41) is 0. The van der Waals surface area contributed by atoms with Gasteiger partial charge in [-0.15, -0.1) is 0 Å². The number of ketones is 1. The Morgan fingerprint density at radius 1 is 1.36 bits per heavy atom. The lowest BCUT2D eigenvalue weighted by Crippen LogP contribution is -2.12. The number of hydrogen-bond donors (Lipinski definition) is 0. The standard InChI is InChI=1S/C9H16O.H2O/c1-3-7-5-6-9(10)8(7)4-2;/h7-8H,3-6H2,1-2H3;1H2. The van der Waals surface area contributed by atoms with E-state index in [1.807, 2.05) is 0 Å². The molecule has 1 fully saturated rings. The summed E-state index contributed by atoms with van der Waals surface area (Å²) in [6.07, 6.45) is 4.23. The van der Waals surface area contributed by atoms with E-state index in [0.29, 0.717) is 17.6 Å². The second-order valence-corrected chi connectivity index (χ2v) is 3.19. The van der Waals surface area contributed by atoms with Gasteiger partial charge >= 0.3 is 0 Å². The van der Waals surface area contributed by atoms with E-state index in [4.69, 9.17) is 0 Å². The van der Waals surface area contributed by atoms with Gasteiger partial charge in [0.1, 0.15) is 5.78 Å². The van der Waals surface area contributed by atoms with Crippen LogP contribution in [0.5, 0.6) is 0 Å². The summed E-state index contributed by atoms with van der Waals surface area (Å²) in [5.74, 6) is 1.62. The molecule has 0 aromatic heterocycles. The summed E-state index contributed by atoms with van der Waals surface area (Å²) >= 11 is 0. The lowest BCUT2D eigenvalue weighted by molar-refractivity contribution is -0.121. The molecule has 0 radical (unpaired) electrons. The average molecular weight is 158 g/mol. The molecule has 0 heterocycles. The molecule has 2 heteroatoms. The molecule has 2 nitrogen and oxygen atoms in total. The fraction of sp³-hybridized carbons (Fsp3) is 0.889. The van der Waals surface area contributed by atoms with Crippen LogP contribution in [0.25, 0.3) is 0 Å². The van der Waals surface area contributed by atoms with Gasteiger partial charge in [-0.1, -0.05) is 20.3 Å². The average Bonchev–Trinajstić information content (AvgIpc) is 2.30. The monoisotopic (exact) mass is 158 g/mol. The van der Waals surface area contributed by atoms with E-state index in [1.54, 1.807) is 0 Å². The van der Waals surface area contributed by atoms with Crippen molar-refractivity contribution in [2.45, 2.75) is 39.5 Å². The van der Waals surface area contributed by atoms with E-state index in [2.05, 4.69) is 13.8 Å². The molecule has 11 heavy (non-hydrogen) atoms. The summed E-state index contributed by atoms with van der Waals surface area (Å²) in [6, 6.07) is 0. The van der Waals surface area contributed by atoms with E-state index in [9.17, 15) is 4.79 Å². The van der Waals surface area contributed by atoms with Crippen molar-refractivity contribution in [2.24, 2.45) is 11.8 Å². The zero-order valence-electron chi connectivity index (χ0n) is 7.39. The smallest absolute Gasteiger partial charge is 0.136 e. The lowest BCUT2D eigenvalue weighted by Gasteiger charge is -2.12. The van der Waals surface area contributed by atoms with Crippen molar-refractivity contribution >= 4 is 5.78 Å². The Bertz CT molecular complexity index is 132. The number of carbonyl (C=O) groups is 1. The first-order chi connectivity index (χ1) is 4.79. The topological polar surface area (TPSA) is 48.6 Å². The van der Waals surface area contributed by atoms with Gasteiger partial charge in [0.05, 0.1) is 0 Å². The molecule has 0 spiro atoms. The fourth-order valence-electron chi connectivity index (χ4n) is 2.03. The van der Waals surface area contributed by atoms with Gasteiger partial charge in [-0.3, -0.25) is 4.79 Å². The molecule has 0 amide bonds. The third-order valence-electron chi connectivity index (χ3n) is 2.71. The normalized spacial score (nSPS) is 30.2. The quantitative estimate of drug-likeness (QED) is 0.601. The third kappa shape index (κ3) is 2.03. The van der Waals surface area contributed by atoms with Gasteiger partial charge in [-0.05, 0) is 18.8 Å². The number of hydrogen-bond acceptors (Lipinski definition) is 1. The minimum Gasteiger partial charge on any atom is -0.412 e. The highest BCUT2D eigenvalue weighted by molar-refractivity contribution is 5.83. The van der Waals surface area contributed by atoms with Gasteiger partial charge in [-0.25, -0.2) is 0 Å². The minimum atomic E-state index is 0. The minimum absolute atomic E-state index is 0. The van der Waals surface area contributed by atoms with Gasteiger partial charge in [0.2, 0.25) is 0 Å². The van der Waals surface area contributed by atoms with Gasteiger partial charge in [0, 0.05) is 12.3 Å². The molecule has 0 bridgehead atoms. The Hall–Kier alpha value is -0.370. The molecule has 1 aliphatic carbocycles. The van der Waals surface area contributed by atoms with Crippen molar-refractivity contribution in [3.63, 3.8) is 0 Å². The van der Waals surface area contributed by atoms with Crippen molar-refractivity contribution in [3.05, 3.63) is 0 Å². The molecule has 0 aromatic rings. The molecule has 1 rings (SSSR count). The van der Waals surface area contributed by atoms with Crippen LogP contribution in [0, 0.1) is 11.8 Å². The van der Waals surface area contributed by atoms with Crippen molar-refractivity contribution in [2.75, 3.05) is 0 Å². The number of Topliss-reactive ketones (excluding diaryl/α,β-unsaturated/α-hetero) is 1. The molecule has 0 saturated heterocycles. The summed E-state index contributed by atoms with van der Waals surface area (Å²) in [4.78, 5) is 11.2. The number of rotatable bonds is 2. The van der Waals surface area contributed by atoms with Crippen LogP contribution in [-0.2, 0) is 4.79 Å². The van der Waals surface area contributed by atoms with Crippen molar-refractivity contribution in [1.82, 2.24) is 0 Å². The van der Waals surface area contributed by atoms with Crippen LogP contribution in [0.3, 0.4) is 0 Å². The van der Waals surface area contributed by atoms with Gasteiger partial charge < -0.3 is 5.48 Å². The highest BCUT2D eigenvalue weighted by Gasteiger charge is 2.31. The molecule has 2 atom stereocenters. The van der Waals surface area contributed by atoms with Gasteiger partial charge in [-0.2, -0.15) is 0 Å². The maximum atomic E-state index is 11.2. The Morgan fingerprint density at radius 3 is 2.36 bits per heavy atom. The van der Waals surface area contributed by atoms with Crippen LogP contribution < -0.4 is 0 Å². The first kappa shape index (κ1) is 10.6.